The van der Waals surface area contributed by atoms with Crippen LogP contribution in [0.3, 0.4) is 0 Å². The van der Waals surface area contributed by atoms with Gasteiger partial charge in [-0.15, -0.1) is 0 Å². The minimum absolute atomic E-state index is 0.00228. The van der Waals surface area contributed by atoms with Crippen molar-refractivity contribution in [2.75, 3.05) is 19.6 Å². The molecule has 4 bridgehead atoms. The Bertz CT molecular complexity index is 1150. The highest BCUT2D eigenvalue weighted by Gasteiger charge is 2.78. The van der Waals surface area contributed by atoms with Gasteiger partial charge in [-0.2, -0.15) is 0 Å². The van der Waals surface area contributed by atoms with Crippen molar-refractivity contribution in [2.24, 2.45) is 5.92 Å². The van der Waals surface area contributed by atoms with Crippen molar-refractivity contribution >= 4 is 5.91 Å². The molecule has 5 unspecified atom stereocenters. The van der Waals surface area contributed by atoms with Crippen LogP contribution >= 0.6 is 0 Å². The second kappa shape index (κ2) is 7.06. The summed E-state index contributed by atoms with van der Waals surface area (Å²) >= 11 is 0. The van der Waals surface area contributed by atoms with Crippen LogP contribution in [0.4, 0.5) is 0 Å². The summed E-state index contributed by atoms with van der Waals surface area (Å²) in [5, 5.41) is 20.8. The smallest absolute Gasteiger partial charge is 0.254 e. The van der Waals surface area contributed by atoms with Gasteiger partial charge in [0.15, 0.2) is 0 Å². The van der Waals surface area contributed by atoms with Gasteiger partial charge >= 0.3 is 0 Å². The van der Waals surface area contributed by atoms with Crippen molar-refractivity contribution in [3.8, 4) is 5.75 Å². The third-order valence-corrected chi connectivity index (χ3v) is 9.63. The molecule has 4 fully saturated rings. The van der Waals surface area contributed by atoms with Crippen LogP contribution in [0.5, 0.6) is 5.75 Å². The molecule has 6 nitrogen and oxygen atoms in total. The van der Waals surface area contributed by atoms with Crippen molar-refractivity contribution in [1.29, 1.82) is 0 Å². The molecular formula is C28H32N2O4. The summed E-state index contributed by atoms with van der Waals surface area (Å²) in [6.45, 7) is 4.04. The lowest BCUT2D eigenvalue weighted by Crippen LogP contribution is -2.74. The number of piperidine rings is 1. The first-order valence-electron chi connectivity index (χ1n) is 12.7. The van der Waals surface area contributed by atoms with Gasteiger partial charge in [-0.1, -0.05) is 24.3 Å². The summed E-state index contributed by atoms with van der Waals surface area (Å²) in [7, 11) is 0. The van der Waals surface area contributed by atoms with Gasteiger partial charge in [0.05, 0.1) is 17.8 Å². The lowest BCUT2D eigenvalue weighted by molar-refractivity contribution is -0.173. The topological polar surface area (TPSA) is 73.2 Å². The fourth-order valence-electron chi connectivity index (χ4n) is 8.71. The van der Waals surface area contributed by atoms with Gasteiger partial charge in [-0.05, 0) is 74.5 Å². The van der Waals surface area contributed by atoms with Crippen LogP contribution in [0.15, 0.2) is 48.5 Å². The van der Waals surface area contributed by atoms with E-state index in [1.54, 1.807) is 6.07 Å². The summed E-state index contributed by atoms with van der Waals surface area (Å²) in [5.74, 6) is 0.635. The number of phenols is 1. The monoisotopic (exact) mass is 460 g/mol. The minimum Gasteiger partial charge on any atom is -0.508 e. The van der Waals surface area contributed by atoms with Crippen LogP contribution in [0.2, 0.25) is 0 Å². The number of hydrogen-bond donors (Lipinski definition) is 2. The zero-order valence-corrected chi connectivity index (χ0v) is 19.6. The molecule has 178 valence electrons. The van der Waals surface area contributed by atoms with E-state index in [2.05, 4.69) is 15.9 Å². The number of benzene rings is 2. The number of phenolic OH excluding ortho intramolecular Hbond substituents is 1. The molecule has 3 saturated heterocycles. The number of fused-ring (bicyclic) bond motifs is 1. The molecule has 1 amide bonds. The molecule has 1 saturated carbocycles. The van der Waals surface area contributed by atoms with E-state index in [0.29, 0.717) is 18.8 Å². The molecule has 2 N–H and O–H groups in total. The number of likely N-dealkylation sites (tertiary alicyclic amines) is 2. The number of β-amino-alcohol motifs (C(OH)–C–C–N with tert-alkyl or cyclic N) is 1. The van der Waals surface area contributed by atoms with E-state index in [1.807, 2.05) is 43.3 Å². The summed E-state index contributed by atoms with van der Waals surface area (Å²) in [4.78, 5) is 18.1. The zero-order valence-electron chi connectivity index (χ0n) is 19.6. The number of carbonyl (C=O) groups excluding carboxylic acids is 1. The number of hydrogen-bond acceptors (Lipinski definition) is 5. The molecule has 6 heteroatoms. The first kappa shape index (κ1) is 20.9. The maximum Gasteiger partial charge on any atom is 0.254 e. The van der Waals surface area contributed by atoms with Crippen molar-refractivity contribution in [3.63, 3.8) is 0 Å². The molecule has 7 rings (SSSR count). The van der Waals surface area contributed by atoms with E-state index in [4.69, 9.17) is 4.74 Å². The van der Waals surface area contributed by atoms with Gasteiger partial charge in [0.2, 0.25) is 0 Å². The van der Waals surface area contributed by atoms with E-state index in [-0.39, 0.29) is 47.1 Å². The van der Waals surface area contributed by atoms with Crippen molar-refractivity contribution in [2.45, 2.75) is 67.9 Å². The summed E-state index contributed by atoms with van der Waals surface area (Å²) in [5.41, 5.74) is 2.73. The second-order valence-electron chi connectivity index (χ2n) is 11.1. The van der Waals surface area contributed by atoms with Gasteiger partial charge in [0.25, 0.3) is 5.91 Å². The molecule has 2 aromatic rings. The van der Waals surface area contributed by atoms with Crippen LogP contribution in [0.25, 0.3) is 0 Å². The van der Waals surface area contributed by atoms with Gasteiger partial charge < -0.3 is 19.8 Å². The van der Waals surface area contributed by atoms with Crippen molar-refractivity contribution in [1.82, 2.24) is 9.80 Å². The first-order chi connectivity index (χ1) is 16.4. The lowest BCUT2D eigenvalue weighted by atomic mass is 9.46. The predicted molar refractivity (Wildman–Crippen MR) is 127 cm³/mol. The summed E-state index contributed by atoms with van der Waals surface area (Å²) in [6.07, 6.45) is 3.26. The molecule has 5 aliphatic rings. The number of nitrogens with zero attached hydrogens (tertiary/aromatic N) is 2. The molecule has 2 aromatic carbocycles. The lowest BCUT2D eigenvalue weighted by Gasteiger charge is -2.64. The number of aliphatic hydroxyl groups is 1. The van der Waals surface area contributed by atoms with Crippen molar-refractivity contribution in [3.05, 3.63) is 65.2 Å². The Balaban J connectivity index is 1.35. The summed E-state index contributed by atoms with van der Waals surface area (Å²) in [6, 6.07) is 15.8. The summed E-state index contributed by atoms with van der Waals surface area (Å²) < 4.78 is 7.15. The standard InChI is InChI=1S/C28H32N2O4/c1-17(31)15-29-12-11-27-21-14-20(32)8-7-19(21)13-24(29)28(27)10-9-22-25(27)23(34-28)16-30(22)26(33)18-5-3-2-4-6-18/h2-8,14,17,22-25,31-32H,9-13,15-16H2,1H3/t17-,22?,23-,24?,25?,27?,28?/m1/s1. The maximum absolute atomic E-state index is 13.6. The molecular weight excluding hydrogens is 428 g/mol. The molecule has 0 radical (unpaired) electrons. The number of ether oxygens (including phenoxy) is 1. The van der Waals surface area contributed by atoms with E-state index in [0.717, 1.165) is 37.8 Å². The van der Waals surface area contributed by atoms with Crippen LogP contribution < -0.4 is 0 Å². The molecule has 3 heterocycles. The van der Waals surface area contributed by atoms with Crippen LogP contribution in [0.1, 0.15) is 47.7 Å². The Morgan fingerprint density at radius 2 is 2.03 bits per heavy atom. The van der Waals surface area contributed by atoms with Gasteiger partial charge in [-0.3, -0.25) is 9.69 Å². The van der Waals surface area contributed by atoms with Crippen molar-refractivity contribution < 1.29 is 19.7 Å². The van der Waals surface area contributed by atoms with Gasteiger partial charge in [0.1, 0.15) is 5.75 Å². The fraction of sp³-hybridized carbons (Fsp3) is 0.536. The number of aliphatic hydroxyl groups excluding tert-OH is 1. The normalized spacial score (nSPS) is 38.4. The largest absolute Gasteiger partial charge is 0.508 e. The Morgan fingerprint density at radius 3 is 2.82 bits per heavy atom. The van der Waals surface area contributed by atoms with Crippen LogP contribution in [-0.2, 0) is 16.6 Å². The second-order valence-corrected chi connectivity index (χ2v) is 11.1. The maximum atomic E-state index is 13.6. The highest BCUT2D eigenvalue weighted by molar-refractivity contribution is 5.94. The Kier molecular flexibility index (Phi) is 4.34. The molecule has 7 atom stereocenters. The van der Waals surface area contributed by atoms with E-state index in [9.17, 15) is 15.0 Å². The first-order valence-corrected chi connectivity index (χ1v) is 12.7. The molecule has 3 aliphatic heterocycles. The van der Waals surface area contributed by atoms with E-state index >= 15 is 0 Å². The Labute approximate surface area is 200 Å². The third-order valence-electron chi connectivity index (χ3n) is 9.63. The van der Waals surface area contributed by atoms with E-state index < -0.39 is 0 Å². The highest BCUT2D eigenvalue weighted by atomic mass is 16.5. The zero-order chi connectivity index (χ0) is 23.2. The average Bonchev–Trinajstić information content (AvgIpc) is 3.27. The average molecular weight is 461 g/mol. The van der Waals surface area contributed by atoms with Gasteiger partial charge in [0, 0.05) is 42.1 Å². The number of rotatable bonds is 3. The molecule has 0 aromatic heterocycles. The fourth-order valence-corrected chi connectivity index (χ4v) is 8.71. The minimum atomic E-state index is -0.388. The highest BCUT2D eigenvalue weighted by Crippen LogP contribution is 2.69. The molecule has 2 aliphatic carbocycles. The SMILES string of the molecule is C[C@@H](O)CN1CCC23c4cc(O)ccc4CC1C21CCC2C3[C@@H](CN2C(=O)c2ccccc2)O1. The predicted octanol–water partition coefficient (Wildman–Crippen LogP) is 2.71. The Morgan fingerprint density at radius 1 is 1.21 bits per heavy atom. The third kappa shape index (κ3) is 2.49. The quantitative estimate of drug-likeness (QED) is 0.737. The van der Waals surface area contributed by atoms with E-state index in [1.165, 1.54) is 11.1 Å². The molecule has 0 spiro atoms. The number of amides is 1. The molecule has 34 heavy (non-hydrogen) atoms. The van der Waals surface area contributed by atoms with Crippen LogP contribution in [0, 0.1) is 5.92 Å². The van der Waals surface area contributed by atoms with Crippen LogP contribution in [-0.4, -0.2) is 75.4 Å². The Hall–Kier alpha value is -2.41. The van der Waals surface area contributed by atoms with Gasteiger partial charge in [-0.25, -0.2) is 0 Å². The number of carbonyl (C=O) groups is 1. The number of aromatic hydroxyl groups is 1.